The smallest absolute Gasteiger partial charge is 0.274 e. The first-order chi connectivity index (χ1) is 13.5. The highest BCUT2D eigenvalue weighted by molar-refractivity contribution is 6.03. The van der Waals surface area contributed by atoms with Gasteiger partial charge >= 0.3 is 0 Å². The van der Waals surface area contributed by atoms with Gasteiger partial charge in [0, 0.05) is 43.8 Å². The third-order valence-electron chi connectivity index (χ3n) is 4.73. The van der Waals surface area contributed by atoms with Crippen LogP contribution in [-0.2, 0) is 0 Å². The van der Waals surface area contributed by atoms with Crippen LogP contribution in [0, 0.1) is 6.92 Å². The number of hydrogen-bond acceptors (Lipinski definition) is 5. The van der Waals surface area contributed by atoms with E-state index in [4.69, 9.17) is 0 Å². The normalized spacial score (nSPS) is 10.6. The minimum Gasteiger partial charge on any atom is -0.372 e. The highest BCUT2D eigenvalue weighted by Crippen LogP contribution is 2.23. The van der Waals surface area contributed by atoms with Crippen LogP contribution in [0.4, 0.5) is 17.3 Å². The maximum absolute atomic E-state index is 12.8. The second-order valence-corrected chi connectivity index (χ2v) is 6.85. The third kappa shape index (κ3) is 5.44. The zero-order chi connectivity index (χ0) is 20.5. The lowest BCUT2D eigenvalue weighted by Crippen LogP contribution is -2.28. The van der Waals surface area contributed by atoms with Crippen molar-refractivity contribution >= 4 is 23.2 Å². The Morgan fingerprint density at radius 3 is 2.25 bits per heavy atom. The summed E-state index contributed by atoms with van der Waals surface area (Å²) in [6.07, 6.45) is 3.68. The summed E-state index contributed by atoms with van der Waals surface area (Å²) in [6, 6.07) is 7.78. The molecule has 152 valence electrons. The minimum atomic E-state index is -0.213. The largest absolute Gasteiger partial charge is 0.372 e. The molecule has 0 radical (unpaired) electrons. The SMILES string of the molecule is CCCN(CCC)c1nccc(C(=O)Nc2ccc(N(CC)CC)cc2C)n1. The Morgan fingerprint density at radius 1 is 1.00 bits per heavy atom. The summed E-state index contributed by atoms with van der Waals surface area (Å²) in [4.78, 5) is 26.0. The highest BCUT2D eigenvalue weighted by atomic mass is 16.1. The van der Waals surface area contributed by atoms with E-state index >= 15 is 0 Å². The highest BCUT2D eigenvalue weighted by Gasteiger charge is 2.14. The number of amides is 1. The average Bonchev–Trinajstić information content (AvgIpc) is 2.70. The molecule has 2 rings (SSSR count). The van der Waals surface area contributed by atoms with E-state index in [1.807, 2.05) is 19.1 Å². The number of carbonyl (C=O) groups excluding carboxylic acids is 1. The quantitative estimate of drug-likeness (QED) is 0.654. The molecule has 1 aromatic heterocycles. The van der Waals surface area contributed by atoms with Crippen LogP contribution < -0.4 is 15.1 Å². The summed E-state index contributed by atoms with van der Waals surface area (Å²) in [5.74, 6) is 0.403. The topological polar surface area (TPSA) is 61.4 Å². The van der Waals surface area contributed by atoms with Crippen LogP contribution in [-0.4, -0.2) is 42.1 Å². The Morgan fingerprint density at radius 2 is 1.68 bits per heavy atom. The van der Waals surface area contributed by atoms with Gasteiger partial charge in [-0.1, -0.05) is 13.8 Å². The van der Waals surface area contributed by atoms with Gasteiger partial charge in [0.25, 0.3) is 5.91 Å². The van der Waals surface area contributed by atoms with E-state index in [0.717, 1.165) is 50.3 Å². The molecule has 0 bridgehead atoms. The maximum atomic E-state index is 12.8. The van der Waals surface area contributed by atoms with Gasteiger partial charge in [0.15, 0.2) is 0 Å². The number of nitrogens with zero attached hydrogens (tertiary/aromatic N) is 4. The first kappa shape index (κ1) is 21.7. The molecule has 0 saturated heterocycles. The predicted octanol–water partition coefficient (Wildman–Crippen LogP) is 4.51. The molecule has 6 heteroatoms. The van der Waals surface area contributed by atoms with E-state index in [2.05, 4.69) is 58.8 Å². The molecule has 0 spiro atoms. The fourth-order valence-electron chi connectivity index (χ4n) is 3.24. The van der Waals surface area contributed by atoms with Crippen molar-refractivity contribution in [2.45, 2.75) is 47.5 Å². The molecule has 1 heterocycles. The van der Waals surface area contributed by atoms with Crippen molar-refractivity contribution in [1.82, 2.24) is 9.97 Å². The second kappa shape index (κ2) is 10.6. The molecule has 1 aromatic carbocycles. The van der Waals surface area contributed by atoms with Gasteiger partial charge < -0.3 is 15.1 Å². The molecular weight excluding hydrogens is 350 g/mol. The number of benzene rings is 1. The first-order valence-electron chi connectivity index (χ1n) is 10.3. The van der Waals surface area contributed by atoms with Gasteiger partial charge in [-0.25, -0.2) is 9.97 Å². The Balaban J connectivity index is 2.18. The molecule has 0 unspecified atom stereocenters. The van der Waals surface area contributed by atoms with Gasteiger partial charge in [0.1, 0.15) is 5.69 Å². The summed E-state index contributed by atoms with van der Waals surface area (Å²) >= 11 is 0. The second-order valence-electron chi connectivity index (χ2n) is 6.85. The number of anilines is 3. The Bertz CT molecular complexity index is 767. The van der Waals surface area contributed by atoms with Crippen molar-refractivity contribution < 1.29 is 4.79 Å². The molecule has 0 aliphatic rings. The van der Waals surface area contributed by atoms with Crippen LogP contribution in [0.2, 0.25) is 0 Å². The number of aryl methyl sites for hydroxylation is 1. The summed E-state index contributed by atoms with van der Waals surface area (Å²) in [6.45, 7) is 14.2. The van der Waals surface area contributed by atoms with Crippen LogP contribution in [0.15, 0.2) is 30.5 Å². The fraction of sp³-hybridized carbons (Fsp3) is 0.500. The van der Waals surface area contributed by atoms with Crippen LogP contribution in [0.3, 0.4) is 0 Å². The van der Waals surface area contributed by atoms with Crippen molar-refractivity contribution in [3.8, 4) is 0 Å². The predicted molar refractivity (Wildman–Crippen MR) is 118 cm³/mol. The number of nitrogens with one attached hydrogen (secondary N) is 1. The van der Waals surface area contributed by atoms with Crippen molar-refractivity contribution in [1.29, 1.82) is 0 Å². The lowest BCUT2D eigenvalue weighted by Gasteiger charge is -2.22. The molecular formula is C22H33N5O. The Labute approximate surface area is 169 Å². The summed E-state index contributed by atoms with van der Waals surface area (Å²) in [7, 11) is 0. The van der Waals surface area contributed by atoms with E-state index in [1.165, 1.54) is 5.69 Å². The van der Waals surface area contributed by atoms with E-state index in [1.54, 1.807) is 12.3 Å². The lowest BCUT2D eigenvalue weighted by atomic mass is 10.1. The van der Waals surface area contributed by atoms with Gasteiger partial charge in [0.2, 0.25) is 5.95 Å². The van der Waals surface area contributed by atoms with E-state index in [9.17, 15) is 4.79 Å². The van der Waals surface area contributed by atoms with Gasteiger partial charge in [-0.15, -0.1) is 0 Å². The summed E-state index contributed by atoms with van der Waals surface area (Å²) in [5, 5.41) is 2.99. The molecule has 0 fully saturated rings. The zero-order valence-electron chi connectivity index (χ0n) is 17.8. The zero-order valence-corrected chi connectivity index (χ0v) is 17.8. The minimum absolute atomic E-state index is 0.213. The van der Waals surface area contributed by atoms with Crippen molar-refractivity contribution in [3.05, 3.63) is 41.7 Å². The Kier molecular flexibility index (Phi) is 8.23. The molecule has 1 amide bonds. The standard InChI is InChI=1S/C22H33N5O/c1-6-14-27(15-7-2)22-23-13-12-20(25-22)21(28)24-19-11-10-18(16-17(19)5)26(8-3)9-4/h10-13,16H,6-9,14-15H2,1-5H3,(H,24,28). The van der Waals surface area contributed by atoms with E-state index < -0.39 is 0 Å². The summed E-state index contributed by atoms with van der Waals surface area (Å²) in [5.41, 5.74) is 3.39. The van der Waals surface area contributed by atoms with E-state index in [-0.39, 0.29) is 5.91 Å². The number of hydrogen-bond donors (Lipinski definition) is 1. The average molecular weight is 384 g/mol. The first-order valence-corrected chi connectivity index (χ1v) is 10.3. The van der Waals surface area contributed by atoms with Gasteiger partial charge in [-0.3, -0.25) is 4.79 Å². The van der Waals surface area contributed by atoms with Gasteiger partial charge in [0.05, 0.1) is 0 Å². The Hall–Kier alpha value is -2.63. The van der Waals surface area contributed by atoms with Crippen molar-refractivity contribution in [2.75, 3.05) is 41.3 Å². The van der Waals surface area contributed by atoms with Crippen molar-refractivity contribution in [2.24, 2.45) is 0 Å². The molecule has 1 N–H and O–H groups in total. The maximum Gasteiger partial charge on any atom is 0.274 e. The van der Waals surface area contributed by atoms with E-state index in [0.29, 0.717) is 11.6 Å². The van der Waals surface area contributed by atoms with Crippen LogP contribution in [0.5, 0.6) is 0 Å². The molecule has 2 aromatic rings. The molecule has 6 nitrogen and oxygen atoms in total. The number of carbonyl (C=O) groups is 1. The van der Waals surface area contributed by atoms with Crippen LogP contribution >= 0.6 is 0 Å². The van der Waals surface area contributed by atoms with Crippen molar-refractivity contribution in [3.63, 3.8) is 0 Å². The molecule has 0 aliphatic carbocycles. The fourth-order valence-corrected chi connectivity index (χ4v) is 3.24. The molecule has 28 heavy (non-hydrogen) atoms. The van der Waals surface area contributed by atoms with Crippen LogP contribution in [0.25, 0.3) is 0 Å². The number of aromatic nitrogens is 2. The number of rotatable bonds is 10. The van der Waals surface area contributed by atoms with Crippen LogP contribution in [0.1, 0.15) is 56.6 Å². The monoisotopic (exact) mass is 383 g/mol. The molecule has 0 atom stereocenters. The molecule has 0 saturated carbocycles. The summed E-state index contributed by atoms with van der Waals surface area (Å²) < 4.78 is 0. The lowest BCUT2D eigenvalue weighted by molar-refractivity contribution is 0.102. The third-order valence-corrected chi connectivity index (χ3v) is 4.73. The van der Waals surface area contributed by atoms with Gasteiger partial charge in [-0.05, 0) is 63.4 Å². The molecule has 0 aliphatic heterocycles. The van der Waals surface area contributed by atoms with Gasteiger partial charge in [-0.2, -0.15) is 0 Å².